The van der Waals surface area contributed by atoms with E-state index in [2.05, 4.69) is 11.9 Å². The average molecular weight is 209 g/mol. The predicted octanol–water partition coefficient (Wildman–Crippen LogP) is 2.18. The summed E-state index contributed by atoms with van der Waals surface area (Å²) >= 11 is 0. The van der Waals surface area contributed by atoms with Crippen molar-refractivity contribution in [1.82, 2.24) is 4.98 Å². The van der Waals surface area contributed by atoms with Crippen LogP contribution in [0.25, 0.3) is 0 Å². The van der Waals surface area contributed by atoms with Crippen LogP contribution in [0.3, 0.4) is 0 Å². The molecule has 0 saturated carbocycles. The maximum Gasteiger partial charge on any atom is 0.141 e. The van der Waals surface area contributed by atoms with Crippen molar-refractivity contribution in [1.29, 1.82) is 0 Å². The number of rotatable bonds is 6. The molecule has 1 atom stereocenters. The molecule has 0 unspecified atom stereocenters. The highest BCUT2D eigenvalue weighted by Gasteiger charge is 2.07. The number of aliphatic hydroxyl groups is 1. The Balaban J connectivity index is 2.67. The van der Waals surface area contributed by atoms with Crippen molar-refractivity contribution in [3.05, 3.63) is 24.0 Å². The van der Waals surface area contributed by atoms with Crippen LogP contribution >= 0.6 is 0 Å². The van der Waals surface area contributed by atoms with Gasteiger partial charge in [0.15, 0.2) is 0 Å². The fraction of sp³-hybridized carbons (Fsp3) is 0.583. The highest BCUT2D eigenvalue weighted by Crippen LogP contribution is 2.18. The van der Waals surface area contributed by atoms with Crippen LogP contribution in [0.1, 0.15) is 32.4 Å². The SMILES string of the molecule is CCCCc1ncccc1O[C@H](C)CO. The predicted molar refractivity (Wildman–Crippen MR) is 60.0 cm³/mol. The van der Waals surface area contributed by atoms with Gasteiger partial charge in [0.2, 0.25) is 0 Å². The van der Waals surface area contributed by atoms with Crippen LogP contribution in [0, 0.1) is 0 Å². The largest absolute Gasteiger partial charge is 0.486 e. The van der Waals surface area contributed by atoms with Crippen LogP contribution in [0.15, 0.2) is 18.3 Å². The number of hydrogen-bond donors (Lipinski definition) is 1. The van der Waals surface area contributed by atoms with Gasteiger partial charge >= 0.3 is 0 Å². The van der Waals surface area contributed by atoms with Crippen molar-refractivity contribution in [2.24, 2.45) is 0 Å². The van der Waals surface area contributed by atoms with E-state index in [0.29, 0.717) is 0 Å². The monoisotopic (exact) mass is 209 g/mol. The highest BCUT2D eigenvalue weighted by molar-refractivity contribution is 5.27. The van der Waals surface area contributed by atoms with E-state index in [1.807, 2.05) is 19.1 Å². The molecule has 1 rings (SSSR count). The first kappa shape index (κ1) is 12.0. The zero-order valence-electron chi connectivity index (χ0n) is 9.44. The summed E-state index contributed by atoms with van der Waals surface area (Å²) in [5, 5.41) is 8.92. The molecule has 3 nitrogen and oxygen atoms in total. The summed E-state index contributed by atoms with van der Waals surface area (Å²) in [7, 11) is 0. The topological polar surface area (TPSA) is 42.4 Å². The van der Waals surface area contributed by atoms with E-state index in [4.69, 9.17) is 9.84 Å². The summed E-state index contributed by atoms with van der Waals surface area (Å²) in [5.74, 6) is 0.799. The molecule has 0 spiro atoms. The lowest BCUT2D eigenvalue weighted by Gasteiger charge is -2.14. The molecule has 0 aliphatic rings. The highest BCUT2D eigenvalue weighted by atomic mass is 16.5. The lowest BCUT2D eigenvalue weighted by Crippen LogP contribution is -2.17. The molecule has 0 radical (unpaired) electrons. The third-order valence-corrected chi connectivity index (χ3v) is 2.20. The first-order valence-corrected chi connectivity index (χ1v) is 5.49. The lowest BCUT2D eigenvalue weighted by atomic mass is 10.2. The van der Waals surface area contributed by atoms with E-state index in [0.717, 1.165) is 30.7 Å². The van der Waals surface area contributed by atoms with Gasteiger partial charge in [0, 0.05) is 6.20 Å². The van der Waals surface area contributed by atoms with Crippen molar-refractivity contribution >= 4 is 0 Å². The third kappa shape index (κ3) is 3.88. The molecule has 1 aromatic rings. The van der Waals surface area contributed by atoms with Gasteiger partial charge in [0.25, 0.3) is 0 Å². The van der Waals surface area contributed by atoms with E-state index in [9.17, 15) is 0 Å². The van der Waals surface area contributed by atoms with Crippen LogP contribution in [0.5, 0.6) is 5.75 Å². The Morgan fingerprint density at radius 3 is 3.00 bits per heavy atom. The molecular formula is C12H19NO2. The van der Waals surface area contributed by atoms with Crippen molar-refractivity contribution in [3.8, 4) is 5.75 Å². The summed E-state index contributed by atoms with van der Waals surface area (Å²) in [6.07, 6.45) is 4.80. The maximum atomic E-state index is 8.92. The summed E-state index contributed by atoms with van der Waals surface area (Å²) < 4.78 is 5.58. The minimum Gasteiger partial charge on any atom is -0.486 e. The first-order chi connectivity index (χ1) is 7.27. The van der Waals surface area contributed by atoms with Crippen LogP contribution in [0.2, 0.25) is 0 Å². The quantitative estimate of drug-likeness (QED) is 0.781. The molecule has 0 aromatic carbocycles. The molecule has 1 heterocycles. The Morgan fingerprint density at radius 1 is 1.53 bits per heavy atom. The van der Waals surface area contributed by atoms with Crippen molar-refractivity contribution in [3.63, 3.8) is 0 Å². The molecule has 0 saturated heterocycles. The molecule has 0 aliphatic carbocycles. The number of pyridine rings is 1. The molecule has 15 heavy (non-hydrogen) atoms. The second kappa shape index (κ2) is 6.40. The lowest BCUT2D eigenvalue weighted by molar-refractivity contribution is 0.128. The van der Waals surface area contributed by atoms with E-state index >= 15 is 0 Å². The molecule has 1 N–H and O–H groups in total. The van der Waals surface area contributed by atoms with Gasteiger partial charge in [-0.3, -0.25) is 4.98 Å². The van der Waals surface area contributed by atoms with E-state index < -0.39 is 0 Å². The Morgan fingerprint density at radius 2 is 2.33 bits per heavy atom. The van der Waals surface area contributed by atoms with Gasteiger partial charge in [-0.25, -0.2) is 0 Å². The minimum atomic E-state index is -0.172. The molecule has 84 valence electrons. The summed E-state index contributed by atoms with van der Waals surface area (Å²) in [6.45, 7) is 4.03. The normalized spacial score (nSPS) is 12.5. The number of aliphatic hydroxyl groups excluding tert-OH is 1. The Hall–Kier alpha value is -1.09. The summed E-state index contributed by atoms with van der Waals surface area (Å²) in [5.41, 5.74) is 0.986. The zero-order valence-corrected chi connectivity index (χ0v) is 9.44. The van der Waals surface area contributed by atoms with Gasteiger partial charge < -0.3 is 9.84 Å². The second-order valence-corrected chi connectivity index (χ2v) is 3.66. The number of unbranched alkanes of at least 4 members (excludes halogenated alkanes) is 1. The van der Waals surface area contributed by atoms with Crippen LogP contribution in [-0.4, -0.2) is 22.8 Å². The zero-order chi connectivity index (χ0) is 11.1. The van der Waals surface area contributed by atoms with E-state index in [1.54, 1.807) is 6.20 Å². The molecule has 0 amide bonds. The van der Waals surface area contributed by atoms with E-state index in [-0.39, 0.29) is 12.7 Å². The number of nitrogens with zero attached hydrogens (tertiary/aromatic N) is 1. The molecule has 0 bridgehead atoms. The van der Waals surface area contributed by atoms with Gasteiger partial charge in [-0.05, 0) is 31.9 Å². The summed E-state index contributed by atoms with van der Waals surface area (Å²) in [6, 6.07) is 3.76. The van der Waals surface area contributed by atoms with Crippen molar-refractivity contribution in [2.45, 2.75) is 39.2 Å². The van der Waals surface area contributed by atoms with Crippen LogP contribution < -0.4 is 4.74 Å². The van der Waals surface area contributed by atoms with Gasteiger partial charge in [-0.2, -0.15) is 0 Å². The van der Waals surface area contributed by atoms with Crippen molar-refractivity contribution < 1.29 is 9.84 Å². The maximum absolute atomic E-state index is 8.92. The van der Waals surface area contributed by atoms with Crippen molar-refractivity contribution in [2.75, 3.05) is 6.61 Å². The fourth-order valence-corrected chi connectivity index (χ4v) is 1.32. The Kier molecular flexibility index (Phi) is 5.12. The van der Waals surface area contributed by atoms with Gasteiger partial charge in [0.05, 0.1) is 12.3 Å². The van der Waals surface area contributed by atoms with E-state index in [1.165, 1.54) is 0 Å². The molecule has 0 aliphatic heterocycles. The second-order valence-electron chi connectivity index (χ2n) is 3.66. The van der Waals surface area contributed by atoms with Crippen LogP contribution in [-0.2, 0) is 6.42 Å². The Bertz CT molecular complexity index is 289. The first-order valence-electron chi connectivity index (χ1n) is 5.49. The van der Waals surface area contributed by atoms with Gasteiger partial charge in [-0.1, -0.05) is 13.3 Å². The minimum absolute atomic E-state index is 0.0299. The number of ether oxygens (including phenoxy) is 1. The van der Waals surface area contributed by atoms with Crippen LogP contribution in [0.4, 0.5) is 0 Å². The third-order valence-electron chi connectivity index (χ3n) is 2.20. The molecule has 3 heteroatoms. The molecule has 1 aromatic heterocycles. The number of hydrogen-bond acceptors (Lipinski definition) is 3. The van der Waals surface area contributed by atoms with Gasteiger partial charge in [-0.15, -0.1) is 0 Å². The smallest absolute Gasteiger partial charge is 0.141 e. The number of aryl methyl sites for hydroxylation is 1. The summed E-state index contributed by atoms with van der Waals surface area (Å²) in [4.78, 5) is 4.30. The fourth-order valence-electron chi connectivity index (χ4n) is 1.32. The molecule has 0 fully saturated rings. The van der Waals surface area contributed by atoms with Gasteiger partial charge in [0.1, 0.15) is 11.9 Å². The standard InChI is InChI=1S/C12H19NO2/c1-3-4-6-11-12(7-5-8-13-11)15-10(2)9-14/h5,7-8,10,14H,3-4,6,9H2,1-2H3/t10-/m1/s1. The number of aromatic nitrogens is 1. The Labute approximate surface area is 91.1 Å². The molecular weight excluding hydrogens is 190 g/mol. The average Bonchev–Trinajstić information content (AvgIpc) is 2.28.